The summed E-state index contributed by atoms with van der Waals surface area (Å²) < 4.78 is 1.97. The van der Waals surface area contributed by atoms with Gasteiger partial charge in [-0.2, -0.15) is 5.10 Å². The fourth-order valence-corrected chi connectivity index (χ4v) is 2.48. The van der Waals surface area contributed by atoms with Gasteiger partial charge in [0, 0.05) is 17.8 Å². The molecule has 0 saturated heterocycles. The van der Waals surface area contributed by atoms with Gasteiger partial charge in [-0.25, -0.2) is 0 Å². The molecular formula is C17H21N3O. The number of aryl methyl sites for hydroxylation is 2. The molecule has 1 aromatic carbocycles. The van der Waals surface area contributed by atoms with E-state index >= 15 is 0 Å². The van der Waals surface area contributed by atoms with Gasteiger partial charge in [0.05, 0.1) is 12.2 Å². The maximum Gasteiger partial charge on any atom is 0.251 e. The number of carbonyl (C=O) groups excluding carboxylic acids is 1. The lowest BCUT2D eigenvalue weighted by Gasteiger charge is -2.08. The van der Waals surface area contributed by atoms with Crippen LogP contribution in [0.25, 0.3) is 0 Å². The molecule has 1 N–H and O–H groups in total. The van der Waals surface area contributed by atoms with Crippen LogP contribution in [0, 0.1) is 19.8 Å². The number of hydrogen-bond acceptors (Lipinski definition) is 2. The minimum absolute atomic E-state index is 0.0251. The lowest BCUT2D eigenvalue weighted by molar-refractivity contribution is 0.0951. The molecule has 0 aliphatic heterocycles. The Labute approximate surface area is 125 Å². The Kier molecular flexibility index (Phi) is 3.78. The summed E-state index contributed by atoms with van der Waals surface area (Å²) in [5.41, 5.74) is 3.98. The van der Waals surface area contributed by atoms with Gasteiger partial charge in [-0.1, -0.05) is 12.1 Å². The predicted molar refractivity (Wildman–Crippen MR) is 82.3 cm³/mol. The van der Waals surface area contributed by atoms with E-state index in [-0.39, 0.29) is 5.91 Å². The zero-order valence-corrected chi connectivity index (χ0v) is 12.6. The van der Waals surface area contributed by atoms with E-state index in [1.165, 1.54) is 12.8 Å². The summed E-state index contributed by atoms with van der Waals surface area (Å²) in [5, 5.41) is 7.47. The van der Waals surface area contributed by atoms with Gasteiger partial charge in [-0.05, 0) is 56.4 Å². The minimum Gasteiger partial charge on any atom is -0.352 e. The van der Waals surface area contributed by atoms with Gasteiger partial charge in [-0.3, -0.25) is 9.48 Å². The first-order chi connectivity index (χ1) is 10.1. The number of rotatable bonds is 5. The van der Waals surface area contributed by atoms with Crippen molar-refractivity contribution in [1.29, 1.82) is 0 Å². The highest BCUT2D eigenvalue weighted by atomic mass is 16.1. The number of carbonyl (C=O) groups is 1. The topological polar surface area (TPSA) is 46.9 Å². The molecule has 1 aromatic heterocycles. The van der Waals surface area contributed by atoms with Crippen LogP contribution in [0.5, 0.6) is 0 Å². The summed E-state index contributed by atoms with van der Waals surface area (Å²) in [6.07, 6.45) is 2.50. The van der Waals surface area contributed by atoms with Crippen molar-refractivity contribution < 1.29 is 4.79 Å². The van der Waals surface area contributed by atoms with E-state index in [4.69, 9.17) is 0 Å². The van der Waals surface area contributed by atoms with Crippen molar-refractivity contribution in [3.63, 3.8) is 0 Å². The third-order valence-corrected chi connectivity index (χ3v) is 3.87. The minimum atomic E-state index is 0.0251. The Morgan fingerprint density at radius 2 is 2.14 bits per heavy atom. The molecule has 0 radical (unpaired) electrons. The molecule has 4 nitrogen and oxygen atoms in total. The summed E-state index contributed by atoms with van der Waals surface area (Å²) >= 11 is 0. The zero-order chi connectivity index (χ0) is 14.8. The van der Waals surface area contributed by atoms with Crippen LogP contribution in [0.4, 0.5) is 0 Å². The maximum absolute atomic E-state index is 12.1. The van der Waals surface area contributed by atoms with Gasteiger partial charge in [0.25, 0.3) is 5.91 Å². The molecule has 0 unspecified atom stereocenters. The lowest BCUT2D eigenvalue weighted by Crippen LogP contribution is -2.25. The number of hydrogen-bond donors (Lipinski definition) is 1. The second-order valence-electron chi connectivity index (χ2n) is 5.94. The van der Waals surface area contributed by atoms with E-state index in [9.17, 15) is 4.79 Å². The number of aromatic nitrogens is 2. The van der Waals surface area contributed by atoms with Crippen LogP contribution >= 0.6 is 0 Å². The normalized spacial score (nSPS) is 14.2. The van der Waals surface area contributed by atoms with E-state index in [1.54, 1.807) is 0 Å². The van der Waals surface area contributed by atoms with Crippen molar-refractivity contribution in [3.8, 4) is 0 Å². The van der Waals surface area contributed by atoms with Crippen LogP contribution in [0.3, 0.4) is 0 Å². The van der Waals surface area contributed by atoms with Crippen LogP contribution in [0.15, 0.2) is 30.3 Å². The Hall–Kier alpha value is -2.10. The molecule has 1 aliphatic carbocycles. The second kappa shape index (κ2) is 5.72. The molecule has 3 rings (SSSR count). The van der Waals surface area contributed by atoms with Crippen LogP contribution in [0.2, 0.25) is 0 Å². The number of nitrogens with zero attached hydrogens (tertiary/aromatic N) is 2. The van der Waals surface area contributed by atoms with Crippen LogP contribution in [0.1, 0.15) is 40.2 Å². The molecule has 1 fully saturated rings. The molecule has 1 aliphatic rings. The van der Waals surface area contributed by atoms with E-state index in [2.05, 4.69) is 16.5 Å². The van der Waals surface area contributed by atoms with Crippen molar-refractivity contribution >= 4 is 5.91 Å². The molecule has 2 aromatic rings. The Morgan fingerprint density at radius 1 is 1.33 bits per heavy atom. The molecule has 110 valence electrons. The predicted octanol–water partition coefficient (Wildman–Crippen LogP) is 2.69. The Balaban J connectivity index is 1.69. The highest BCUT2D eigenvalue weighted by Crippen LogP contribution is 2.27. The first-order valence-electron chi connectivity index (χ1n) is 7.50. The highest BCUT2D eigenvalue weighted by Gasteiger charge is 2.21. The molecule has 0 atom stereocenters. The third-order valence-electron chi connectivity index (χ3n) is 3.87. The van der Waals surface area contributed by atoms with Gasteiger partial charge in [0.1, 0.15) is 0 Å². The summed E-state index contributed by atoms with van der Waals surface area (Å²) in [7, 11) is 0. The molecule has 1 saturated carbocycles. The smallest absolute Gasteiger partial charge is 0.251 e. The maximum atomic E-state index is 12.1. The van der Waals surface area contributed by atoms with Gasteiger partial charge in [-0.15, -0.1) is 0 Å². The Morgan fingerprint density at radius 3 is 2.81 bits per heavy atom. The average molecular weight is 283 g/mol. The summed E-state index contributed by atoms with van der Waals surface area (Å²) in [6.45, 7) is 5.54. The second-order valence-corrected chi connectivity index (χ2v) is 5.94. The van der Waals surface area contributed by atoms with E-state index < -0.39 is 0 Å². The van der Waals surface area contributed by atoms with Gasteiger partial charge < -0.3 is 5.32 Å². The van der Waals surface area contributed by atoms with Gasteiger partial charge in [0.15, 0.2) is 0 Å². The lowest BCUT2D eigenvalue weighted by atomic mass is 10.1. The molecule has 4 heteroatoms. The summed E-state index contributed by atoms with van der Waals surface area (Å²) in [6, 6.07) is 9.86. The van der Waals surface area contributed by atoms with Crippen molar-refractivity contribution in [3.05, 3.63) is 52.8 Å². The zero-order valence-electron chi connectivity index (χ0n) is 12.6. The van der Waals surface area contributed by atoms with Crippen molar-refractivity contribution in [2.75, 3.05) is 6.54 Å². The monoisotopic (exact) mass is 283 g/mol. The van der Waals surface area contributed by atoms with E-state index in [0.717, 1.165) is 29.1 Å². The van der Waals surface area contributed by atoms with E-state index in [0.29, 0.717) is 12.5 Å². The number of amides is 1. The van der Waals surface area contributed by atoms with Gasteiger partial charge >= 0.3 is 0 Å². The van der Waals surface area contributed by atoms with Crippen molar-refractivity contribution in [2.45, 2.75) is 33.2 Å². The number of nitrogens with one attached hydrogen (secondary N) is 1. The molecule has 0 bridgehead atoms. The van der Waals surface area contributed by atoms with Crippen LogP contribution in [-0.2, 0) is 6.54 Å². The summed E-state index contributed by atoms with van der Waals surface area (Å²) in [5.74, 6) is 0.726. The van der Waals surface area contributed by atoms with Crippen LogP contribution < -0.4 is 5.32 Å². The van der Waals surface area contributed by atoms with E-state index in [1.807, 2.05) is 42.8 Å². The molecule has 0 spiro atoms. The molecular weight excluding hydrogens is 262 g/mol. The average Bonchev–Trinajstić information content (AvgIpc) is 3.23. The van der Waals surface area contributed by atoms with Crippen molar-refractivity contribution in [1.82, 2.24) is 15.1 Å². The third kappa shape index (κ3) is 3.51. The van der Waals surface area contributed by atoms with Crippen molar-refractivity contribution in [2.24, 2.45) is 5.92 Å². The largest absolute Gasteiger partial charge is 0.352 e. The number of benzene rings is 1. The van der Waals surface area contributed by atoms with Gasteiger partial charge in [0.2, 0.25) is 0 Å². The molecule has 21 heavy (non-hydrogen) atoms. The first-order valence-corrected chi connectivity index (χ1v) is 7.50. The SMILES string of the molecule is Cc1cc(C)n(Cc2cccc(C(=O)NCC3CC3)c2)n1. The molecule has 1 heterocycles. The van der Waals surface area contributed by atoms with Crippen LogP contribution in [-0.4, -0.2) is 22.2 Å². The quantitative estimate of drug-likeness (QED) is 0.917. The summed E-state index contributed by atoms with van der Waals surface area (Å²) in [4.78, 5) is 12.1. The molecule has 1 amide bonds. The standard InChI is InChI=1S/C17H21N3O/c1-12-8-13(2)20(19-12)11-15-4-3-5-16(9-15)17(21)18-10-14-6-7-14/h3-5,8-9,14H,6-7,10-11H2,1-2H3,(H,18,21). The highest BCUT2D eigenvalue weighted by molar-refractivity contribution is 5.94. The Bertz CT molecular complexity index is 656. The first kappa shape index (κ1) is 13.9. The fourth-order valence-electron chi connectivity index (χ4n) is 2.48. The fraction of sp³-hybridized carbons (Fsp3) is 0.412.